The fourth-order valence-electron chi connectivity index (χ4n) is 2.86. The van der Waals surface area contributed by atoms with Crippen molar-refractivity contribution in [2.24, 2.45) is 0 Å². The molecule has 2 aromatic carbocycles. The van der Waals surface area contributed by atoms with Gasteiger partial charge >= 0.3 is 0 Å². The van der Waals surface area contributed by atoms with Gasteiger partial charge in [0, 0.05) is 18.0 Å². The maximum Gasteiger partial charge on any atom is 0.234 e. The second-order valence-corrected chi connectivity index (χ2v) is 7.01. The lowest BCUT2D eigenvalue weighted by molar-refractivity contribution is -0.121. The number of hydrogen-bond acceptors (Lipinski definition) is 4. The molecular weight excluding hydrogens is 384 g/mol. The number of nitriles is 1. The quantitative estimate of drug-likeness (QED) is 0.804. The van der Waals surface area contributed by atoms with Crippen molar-refractivity contribution in [2.75, 3.05) is 11.1 Å². The van der Waals surface area contributed by atoms with E-state index in [1.54, 1.807) is 12.1 Å². The number of thioether (sulfide) groups is 1. The van der Waals surface area contributed by atoms with Crippen LogP contribution in [0.3, 0.4) is 0 Å². The van der Waals surface area contributed by atoms with Gasteiger partial charge in [0.25, 0.3) is 0 Å². The van der Waals surface area contributed by atoms with Gasteiger partial charge in [0.15, 0.2) is 0 Å². The van der Waals surface area contributed by atoms with E-state index in [4.69, 9.17) is 0 Å². The average Bonchev–Trinajstić information content (AvgIpc) is 2.66. The first-order valence-corrected chi connectivity index (χ1v) is 9.33. The Morgan fingerprint density at radius 2 is 2.04 bits per heavy atom. The topological polar surface area (TPSA) is 82.0 Å². The number of rotatable bonds is 5. The molecule has 28 heavy (non-hydrogen) atoms. The minimum Gasteiger partial charge on any atom is -0.325 e. The van der Waals surface area contributed by atoms with Gasteiger partial charge in [-0.25, -0.2) is 8.78 Å². The van der Waals surface area contributed by atoms with Crippen LogP contribution >= 0.6 is 11.8 Å². The Labute approximate surface area is 164 Å². The zero-order chi connectivity index (χ0) is 20.1. The largest absolute Gasteiger partial charge is 0.325 e. The molecule has 8 heteroatoms. The smallest absolute Gasteiger partial charge is 0.234 e. The number of nitrogens with zero attached hydrogens (tertiary/aromatic N) is 1. The van der Waals surface area contributed by atoms with Crippen LogP contribution < -0.4 is 10.6 Å². The minimum absolute atomic E-state index is 0.0522. The summed E-state index contributed by atoms with van der Waals surface area (Å²) >= 11 is 0.967. The molecule has 0 saturated heterocycles. The fourth-order valence-corrected chi connectivity index (χ4v) is 3.73. The zero-order valence-electron chi connectivity index (χ0n) is 14.5. The predicted octanol–water partition coefficient (Wildman–Crippen LogP) is 3.68. The molecule has 3 rings (SSSR count). The van der Waals surface area contributed by atoms with Crippen molar-refractivity contribution in [3.8, 4) is 6.07 Å². The molecule has 1 aliphatic heterocycles. The highest BCUT2D eigenvalue weighted by atomic mass is 32.2. The number of hydrogen-bond donors (Lipinski definition) is 2. The molecule has 2 N–H and O–H groups in total. The molecule has 1 heterocycles. The van der Waals surface area contributed by atoms with E-state index in [2.05, 4.69) is 10.6 Å². The van der Waals surface area contributed by atoms with Crippen LogP contribution in [0.15, 0.2) is 59.1 Å². The highest BCUT2D eigenvalue weighted by Gasteiger charge is 2.31. The van der Waals surface area contributed by atoms with Gasteiger partial charge in [0.05, 0.1) is 22.4 Å². The standard InChI is InChI=1S/C20H15F2N3O2S/c21-12-4-3-5-13(8-12)24-19(27)11-28-20-16(10-23)15(9-18(26)25-20)14-6-1-2-7-17(14)22/h1-8,15H,9,11H2,(H,24,27)(H,25,26)/t15-/m0/s1. The minimum atomic E-state index is -0.714. The van der Waals surface area contributed by atoms with Gasteiger partial charge in [-0.1, -0.05) is 36.0 Å². The maximum atomic E-state index is 14.2. The number of benzene rings is 2. The predicted molar refractivity (Wildman–Crippen MR) is 102 cm³/mol. The maximum absolute atomic E-state index is 14.2. The molecule has 1 aliphatic rings. The first kappa shape index (κ1) is 19.6. The van der Waals surface area contributed by atoms with E-state index in [1.165, 1.54) is 36.4 Å². The van der Waals surface area contributed by atoms with E-state index in [-0.39, 0.29) is 34.2 Å². The van der Waals surface area contributed by atoms with Crippen molar-refractivity contribution in [2.45, 2.75) is 12.3 Å². The van der Waals surface area contributed by atoms with Crippen molar-refractivity contribution in [3.05, 3.63) is 76.3 Å². The van der Waals surface area contributed by atoms with Crippen LogP contribution in [0, 0.1) is 23.0 Å². The summed E-state index contributed by atoms with van der Waals surface area (Å²) < 4.78 is 27.4. The molecule has 5 nitrogen and oxygen atoms in total. The van der Waals surface area contributed by atoms with Crippen LogP contribution in [0.2, 0.25) is 0 Å². The molecule has 0 spiro atoms. The number of carbonyl (C=O) groups is 2. The third kappa shape index (κ3) is 4.56. The Balaban J connectivity index is 1.77. The van der Waals surface area contributed by atoms with Gasteiger partial charge in [-0.3, -0.25) is 9.59 Å². The van der Waals surface area contributed by atoms with Crippen LogP contribution in [0.4, 0.5) is 14.5 Å². The highest BCUT2D eigenvalue weighted by Crippen LogP contribution is 2.36. The van der Waals surface area contributed by atoms with Crippen molar-refractivity contribution in [1.82, 2.24) is 5.32 Å². The number of amides is 2. The lowest BCUT2D eigenvalue weighted by Gasteiger charge is -2.25. The van der Waals surface area contributed by atoms with E-state index in [0.29, 0.717) is 5.69 Å². The number of anilines is 1. The first-order chi connectivity index (χ1) is 13.5. The van der Waals surface area contributed by atoms with E-state index in [0.717, 1.165) is 11.8 Å². The molecule has 0 unspecified atom stereocenters. The molecule has 0 fully saturated rings. The Morgan fingerprint density at radius 3 is 2.75 bits per heavy atom. The summed E-state index contributed by atoms with van der Waals surface area (Å²) in [7, 11) is 0. The van der Waals surface area contributed by atoms with Crippen LogP contribution in [-0.2, 0) is 9.59 Å². The SMILES string of the molecule is N#CC1=C(SCC(=O)Nc2cccc(F)c2)NC(=O)C[C@H]1c1ccccc1F. The van der Waals surface area contributed by atoms with E-state index < -0.39 is 23.5 Å². The van der Waals surface area contributed by atoms with Crippen LogP contribution in [0.5, 0.6) is 0 Å². The van der Waals surface area contributed by atoms with Crippen molar-refractivity contribution >= 4 is 29.3 Å². The summed E-state index contributed by atoms with van der Waals surface area (Å²) in [4.78, 5) is 24.2. The summed E-state index contributed by atoms with van der Waals surface area (Å²) in [6, 6.07) is 13.5. The fraction of sp³-hybridized carbons (Fsp3) is 0.150. The third-order valence-corrected chi connectivity index (χ3v) is 5.11. The molecule has 0 aromatic heterocycles. The van der Waals surface area contributed by atoms with E-state index in [1.807, 2.05) is 6.07 Å². The summed E-state index contributed by atoms with van der Waals surface area (Å²) in [5.41, 5.74) is 0.765. The van der Waals surface area contributed by atoms with E-state index in [9.17, 15) is 23.6 Å². The molecule has 2 aromatic rings. The third-order valence-electron chi connectivity index (χ3n) is 4.09. The molecule has 0 radical (unpaired) electrons. The summed E-state index contributed by atoms with van der Waals surface area (Å²) in [6.07, 6.45) is -0.0522. The second-order valence-electron chi connectivity index (χ2n) is 6.03. The van der Waals surface area contributed by atoms with Gasteiger partial charge in [0.2, 0.25) is 11.8 Å². The number of halogens is 2. The summed E-state index contributed by atoms with van der Waals surface area (Å²) in [5.74, 6) is -2.59. The van der Waals surface area contributed by atoms with Gasteiger partial charge in [-0.05, 0) is 29.8 Å². The number of allylic oxidation sites excluding steroid dienone is 1. The van der Waals surface area contributed by atoms with E-state index >= 15 is 0 Å². The monoisotopic (exact) mass is 399 g/mol. The van der Waals surface area contributed by atoms with Crippen LogP contribution in [0.1, 0.15) is 17.9 Å². The molecule has 142 valence electrons. The summed E-state index contributed by atoms with van der Waals surface area (Å²) in [5, 5.41) is 14.9. The van der Waals surface area contributed by atoms with Gasteiger partial charge in [0.1, 0.15) is 11.6 Å². The van der Waals surface area contributed by atoms with Gasteiger partial charge in [-0.2, -0.15) is 5.26 Å². The average molecular weight is 399 g/mol. The number of nitrogens with one attached hydrogen (secondary N) is 2. The highest BCUT2D eigenvalue weighted by molar-refractivity contribution is 8.03. The Morgan fingerprint density at radius 1 is 1.25 bits per heavy atom. The Bertz CT molecular complexity index is 1000. The van der Waals surface area contributed by atoms with Gasteiger partial charge < -0.3 is 10.6 Å². The molecule has 2 amide bonds. The molecule has 1 atom stereocenters. The number of carbonyl (C=O) groups excluding carboxylic acids is 2. The lowest BCUT2D eigenvalue weighted by atomic mass is 9.87. The van der Waals surface area contributed by atoms with Crippen molar-refractivity contribution in [1.29, 1.82) is 5.26 Å². The van der Waals surface area contributed by atoms with Gasteiger partial charge in [-0.15, -0.1) is 0 Å². The van der Waals surface area contributed by atoms with Crippen molar-refractivity contribution < 1.29 is 18.4 Å². The van der Waals surface area contributed by atoms with Crippen LogP contribution in [-0.4, -0.2) is 17.6 Å². The molecule has 0 aliphatic carbocycles. The second kappa shape index (κ2) is 8.67. The van der Waals surface area contributed by atoms with Crippen LogP contribution in [0.25, 0.3) is 0 Å². The Hall–Kier alpha value is -3.18. The van der Waals surface area contributed by atoms with Crippen molar-refractivity contribution in [3.63, 3.8) is 0 Å². The molecule has 0 bridgehead atoms. The first-order valence-electron chi connectivity index (χ1n) is 8.34. The molecular formula is C20H15F2N3O2S. The summed E-state index contributed by atoms with van der Waals surface area (Å²) in [6.45, 7) is 0. The lowest BCUT2D eigenvalue weighted by Crippen LogP contribution is -2.31. The zero-order valence-corrected chi connectivity index (χ0v) is 15.4. The normalized spacial score (nSPS) is 16.3. The Kier molecular flexibility index (Phi) is 6.06. The molecule has 0 saturated carbocycles.